The van der Waals surface area contributed by atoms with Gasteiger partial charge in [0.15, 0.2) is 0 Å². The van der Waals surface area contributed by atoms with E-state index >= 15 is 0 Å². The zero-order valence-corrected chi connectivity index (χ0v) is 18.6. The lowest BCUT2D eigenvalue weighted by molar-refractivity contribution is 0.102. The summed E-state index contributed by atoms with van der Waals surface area (Å²) in [5, 5.41) is 11.8. The van der Waals surface area contributed by atoms with Crippen molar-refractivity contribution in [1.29, 1.82) is 0 Å². The summed E-state index contributed by atoms with van der Waals surface area (Å²) in [6.45, 7) is 0.978. The Morgan fingerprint density at radius 2 is 1.81 bits per heavy atom. The molecule has 1 aliphatic rings. The lowest BCUT2D eigenvalue weighted by atomic mass is 10.2. The van der Waals surface area contributed by atoms with Crippen LogP contribution in [0.1, 0.15) is 29.6 Å². The molecule has 1 aromatic heterocycles. The first kappa shape index (κ1) is 21.4. The Labute approximate surface area is 184 Å². The Balaban J connectivity index is 1.59. The van der Waals surface area contributed by atoms with E-state index in [0.29, 0.717) is 23.2 Å². The number of carbonyl (C=O) groups excluding carboxylic acids is 1. The Kier molecular flexibility index (Phi) is 6.30. The number of methoxy groups -OCH3 is 1. The summed E-state index contributed by atoms with van der Waals surface area (Å²) in [5.74, 6) is -0.230. The van der Waals surface area contributed by atoms with Crippen molar-refractivity contribution in [1.82, 2.24) is 14.5 Å². The van der Waals surface area contributed by atoms with Crippen LogP contribution in [0, 0.1) is 0 Å². The van der Waals surface area contributed by atoms with Gasteiger partial charge in [0.1, 0.15) is 10.8 Å². The highest BCUT2D eigenvalue weighted by Crippen LogP contribution is 2.29. The number of hydrogen-bond acceptors (Lipinski definition) is 7. The molecule has 10 heteroatoms. The summed E-state index contributed by atoms with van der Waals surface area (Å²) in [6.07, 6.45) is 2.70. The number of benzene rings is 2. The van der Waals surface area contributed by atoms with Crippen molar-refractivity contribution in [3.63, 3.8) is 0 Å². The van der Waals surface area contributed by atoms with Crippen molar-refractivity contribution in [2.24, 2.45) is 0 Å². The van der Waals surface area contributed by atoms with Gasteiger partial charge in [-0.25, -0.2) is 8.42 Å². The molecule has 0 saturated carbocycles. The van der Waals surface area contributed by atoms with E-state index in [0.717, 1.165) is 24.8 Å². The lowest BCUT2D eigenvalue weighted by Crippen LogP contribution is -2.35. The van der Waals surface area contributed by atoms with Crippen LogP contribution >= 0.6 is 11.3 Å². The van der Waals surface area contributed by atoms with E-state index in [4.69, 9.17) is 4.74 Å². The molecule has 1 fully saturated rings. The highest BCUT2D eigenvalue weighted by atomic mass is 32.2. The first-order valence-corrected chi connectivity index (χ1v) is 12.1. The molecular weight excluding hydrogens is 436 g/mol. The summed E-state index contributed by atoms with van der Waals surface area (Å²) in [6, 6.07) is 13.8. The molecule has 2 heterocycles. The van der Waals surface area contributed by atoms with Crippen molar-refractivity contribution in [2.75, 3.05) is 25.5 Å². The minimum atomic E-state index is -3.68. The Hall–Kier alpha value is -2.82. The van der Waals surface area contributed by atoms with Crippen molar-refractivity contribution in [3.8, 4) is 16.3 Å². The molecule has 4 rings (SSSR count). The molecule has 31 heavy (non-hydrogen) atoms. The van der Waals surface area contributed by atoms with Crippen molar-refractivity contribution in [3.05, 3.63) is 54.1 Å². The van der Waals surface area contributed by atoms with Gasteiger partial charge in [0.05, 0.1) is 17.6 Å². The molecule has 1 saturated heterocycles. The maximum absolute atomic E-state index is 13.0. The summed E-state index contributed by atoms with van der Waals surface area (Å²) in [7, 11) is -2.24. The van der Waals surface area contributed by atoms with Crippen LogP contribution in [0.3, 0.4) is 0 Å². The standard InChI is InChI=1S/C21H22N4O4S2/c1-29-18-11-10-16(31(27,28)25-12-6-3-7-13-25)14-17(18)19(26)22-21-24-23-20(30-21)15-8-4-2-5-9-15/h2,4-5,8-11,14H,3,6-7,12-13H2,1H3,(H,22,24,26). The topological polar surface area (TPSA) is 101 Å². The second kappa shape index (κ2) is 9.13. The molecule has 0 spiro atoms. The second-order valence-corrected chi connectivity index (χ2v) is 9.97. The smallest absolute Gasteiger partial charge is 0.261 e. The fourth-order valence-corrected chi connectivity index (χ4v) is 5.70. The third-order valence-electron chi connectivity index (χ3n) is 5.03. The molecule has 1 aliphatic heterocycles. The van der Waals surface area contributed by atoms with Crippen LogP contribution in [0.2, 0.25) is 0 Å². The van der Waals surface area contributed by atoms with Crippen LogP contribution in [0.25, 0.3) is 10.6 Å². The number of carbonyl (C=O) groups is 1. The van der Waals surface area contributed by atoms with Gasteiger partial charge in [0.2, 0.25) is 15.2 Å². The SMILES string of the molecule is COc1ccc(S(=O)(=O)N2CCCCC2)cc1C(=O)Nc1nnc(-c2ccccc2)s1. The van der Waals surface area contributed by atoms with E-state index in [1.807, 2.05) is 30.3 Å². The number of ether oxygens (including phenoxy) is 1. The predicted molar refractivity (Wildman–Crippen MR) is 119 cm³/mol. The van der Waals surface area contributed by atoms with E-state index in [9.17, 15) is 13.2 Å². The first-order valence-electron chi connectivity index (χ1n) is 9.87. The Morgan fingerprint density at radius 3 is 2.52 bits per heavy atom. The van der Waals surface area contributed by atoms with Gasteiger partial charge in [-0.05, 0) is 31.0 Å². The molecule has 162 valence electrons. The molecule has 8 nitrogen and oxygen atoms in total. The first-order chi connectivity index (χ1) is 15.0. The van der Waals surface area contributed by atoms with Crippen LogP contribution in [-0.4, -0.2) is 49.0 Å². The van der Waals surface area contributed by atoms with Crippen LogP contribution in [0.5, 0.6) is 5.75 Å². The summed E-state index contributed by atoms with van der Waals surface area (Å²) in [5.41, 5.74) is 1.02. The molecule has 0 unspecified atom stereocenters. The fourth-order valence-electron chi connectivity index (χ4n) is 3.41. The average Bonchev–Trinajstić information content (AvgIpc) is 3.28. The normalized spacial score (nSPS) is 14.9. The van der Waals surface area contributed by atoms with E-state index in [2.05, 4.69) is 15.5 Å². The van der Waals surface area contributed by atoms with Crippen molar-refractivity contribution in [2.45, 2.75) is 24.2 Å². The van der Waals surface area contributed by atoms with Gasteiger partial charge >= 0.3 is 0 Å². The number of sulfonamides is 1. The number of anilines is 1. The molecule has 0 bridgehead atoms. The molecule has 1 amide bonds. The number of amides is 1. The number of hydrogen-bond donors (Lipinski definition) is 1. The number of piperidine rings is 1. The monoisotopic (exact) mass is 458 g/mol. The van der Waals surface area contributed by atoms with E-state index in [1.54, 1.807) is 0 Å². The minimum absolute atomic E-state index is 0.0718. The minimum Gasteiger partial charge on any atom is -0.496 e. The molecule has 3 aromatic rings. The maximum Gasteiger partial charge on any atom is 0.261 e. The number of rotatable bonds is 6. The quantitative estimate of drug-likeness (QED) is 0.605. The maximum atomic E-state index is 13.0. The summed E-state index contributed by atoms with van der Waals surface area (Å²) in [4.78, 5) is 13.0. The Bertz CT molecular complexity index is 1170. The largest absolute Gasteiger partial charge is 0.496 e. The van der Waals surface area contributed by atoms with Crippen LogP contribution in [0.15, 0.2) is 53.4 Å². The van der Waals surface area contributed by atoms with Gasteiger partial charge in [-0.2, -0.15) is 4.31 Å². The fraction of sp³-hybridized carbons (Fsp3) is 0.286. The summed E-state index contributed by atoms with van der Waals surface area (Å²) >= 11 is 1.23. The second-order valence-electron chi connectivity index (χ2n) is 7.06. The van der Waals surface area contributed by atoms with E-state index < -0.39 is 15.9 Å². The van der Waals surface area contributed by atoms with Gasteiger partial charge < -0.3 is 4.74 Å². The van der Waals surface area contributed by atoms with Crippen LogP contribution < -0.4 is 10.1 Å². The van der Waals surface area contributed by atoms with Gasteiger partial charge in [0, 0.05) is 18.7 Å². The van der Waals surface area contributed by atoms with Crippen LogP contribution in [0.4, 0.5) is 5.13 Å². The lowest BCUT2D eigenvalue weighted by Gasteiger charge is -2.26. The Morgan fingerprint density at radius 1 is 1.06 bits per heavy atom. The van der Waals surface area contributed by atoms with Gasteiger partial charge in [-0.3, -0.25) is 10.1 Å². The highest BCUT2D eigenvalue weighted by molar-refractivity contribution is 7.89. The summed E-state index contributed by atoms with van der Waals surface area (Å²) < 4.78 is 32.8. The number of nitrogens with zero attached hydrogens (tertiary/aromatic N) is 3. The number of nitrogens with one attached hydrogen (secondary N) is 1. The van der Waals surface area contributed by atoms with E-state index in [-0.39, 0.29) is 16.2 Å². The van der Waals surface area contributed by atoms with Gasteiger partial charge in [-0.1, -0.05) is 48.1 Å². The zero-order chi connectivity index (χ0) is 21.8. The molecule has 0 aliphatic carbocycles. The van der Waals surface area contributed by atoms with E-state index in [1.165, 1.54) is 41.0 Å². The molecule has 1 N–H and O–H groups in total. The van der Waals surface area contributed by atoms with Crippen molar-refractivity contribution >= 4 is 32.4 Å². The molecule has 0 radical (unpaired) electrons. The third kappa shape index (κ3) is 4.60. The predicted octanol–water partition coefficient (Wildman–Crippen LogP) is 3.64. The molecule has 2 aromatic carbocycles. The van der Waals surface area contributed by atoms with Gasteiger partial charge in [-0.15, -0.1) is 10.2 Å². The van der Waals surface area contributed by atoms with Crippen molar-refractivity contribution < 1.29 is 17.9 Å². The third-order valence-corrected chi connectivity index (χ3v) is 7.82. The van der Waals surface area contributed by atoms with Gasteiger partial charge in [0.25, 0.3) is 5.91 Å². The molecule has 0 atom stereocenters. The zero-order valence-electron chi connectivity index (χ0n) is 16.9. The highest BCUT2D eigenvalue weighted by Gasteiger charge is 2.28. The van der Waals surface area contributed by atoms with Crippen LogP contribution in [-0.2, 0) is 10.0 Å². The average molecular weight is 459 g/mol. The molecular formula is C21H22N4O4S2. The number of aromatic nitrogens is 2.